The van der Waals surface area contributed by atoms with Crippen LogP contribution in [0.2, 0.25) is 15.1 Å². The first-order valence-corrected chi connectivity index (χ1v) is 10.5. The van der Waals surface area contributed by atoms with Gasteiger partial charge in [-0.3, -0.25) is 9.59 Å². The molecule has 0 saturated carbocycles. The summed E-state index contributed by atoms with van der Waals surface area (Å²) in [5.74, 6) is -1.32. The molecule has 0 spiro atoms. The van der Waals surface area contributed by atoms with Crippen LogP contribution in [0.15, 0.2) is 65.8 Å². The van der Waals surface area contributed by atoms with E-state index in [4.69, 9.17) is 39.5 Å². The van der Waals surface area contributed by atoms with E-state index in [0.29, 0.717) is 37.6 Å². The summed E-state index contributed by atoms with van der Waals surface area (Å²) >= 11 is 18.4. The molecule has 0 bridgehead atoms. The molecule has 3 aromatic carbocycles. The Kier molecular flexibility index (Phi) is 8.11. The number of para-hydroxylation sites is 1. The van der Waals surface area contributed by atoms with Gasteiger partial charge in [-0.1, -0.05) is 59.1 Å². The number of nitrogens with zero attached hydrogens (tertiary/aromatic N) is 1. The van der Waals surface area contributed by atoms with Gasteiger partial charge >= 0.3 is 11.8 Å². The number of hydrogen-bond acceptors (Lipinski definition) is 4. The number of halogens is 3. The fourth-order valence-corrected chi connectivity index (χ4v) is 3.36. The van der Waals surface area contributed by atoms with Crippen LogP contribution in [0.5, 0.6) is 5.75 Å². The normalized spacial score (nSPS) is 10.8. The topological polar surface area (TPSA) is 79.8 Å². The standard InChI is InChI=1S/C23H18Cl3N3O3/c1-14-5-2-3-8-20(14)28-22(30)23(31)29-27-12-15-11-16(24)9-10-21(15)32-13-17-18(25)6-4-7-19(17)26/h2-12H,13H2,1H3,(H,28,30)(H,29,31)/b27-12-. The molecule has 3 aromatic rings. The number of nitrogens with one attached hydrogen (secondary N) is 2. The molecule has 2 N–H and O–H groups in total. The van der Waals surface area contributed by atoms with Crippen molar-refractivity contribution in [1.82, 2.24) is 5.43 Å². The first kappa shape index (κ1) is 23.6. The summed E-state index contributed by atoms with van der Waals surface area (Å²) < 4.78 is 5.83. The van der Waals surface area contributed by atoms with E-state index >= 15 is 0 Å². The molecule has 164 valence electrons. The zero-order valence-corrected chi connectivity index (χ0v) is 19.1. The molecular formula is C23H18Cl3N3O3. The van der Waals surface area contributed by atoms with Crippen molar-refractivity contribution in [3.8, 4) is 5.75 Å². The van der Waals surface area contributed by atoms with E-state index in [0.717, 1.165) is 5.56 Å². The van der Waals surface area contributed by atoms with Crippen LogP contribution in [0.1, 0.15) is 16.7 Å². The lowest BCUT2D eigenvalue weighted by Crippen LogP contribution is -2.32. The number of aryl methyl sites for hydroxylation is 1. The van der Waals surface area contributed by atoms with Crippen LogP contribution in [0.4, 0.5) is 5.69 Å². The highest BCUT2D eigenvalue weighted by atomic mass is 35.5. The number of anilines is 1. The molecule has 32 heavy (non-hydrogen) atoms. The summed E-state index contributed by atoms with van der Waals surface area (Å²) in [5, 5.41) is 7.78. The lowest BCUT2D eigenvalue weighted by Gasteiger charge is -2.12. The number of hydrogen-bond donors (Lipinski definition) is 2. The number of hydrazone groups is 1. The zero-order valence-electron chi connectivity index (χ0n) is 16.9. The van der Waals surface area contributed by atoms with Crippen molar-refractivity contribution < 1.29 is 14.3 Å². The number of carbonyl (C=O) groups is 2. The molecule has 6 nitrogen and oxygen atoms in total. The van der Waals surface area contributed by atoms with Gasteiger partial charge in [-0.05, 0) is 48.9 Å². The van der Waals surface area contributed by atoms with Crippen LogP contribution < -0.4 is 15.5 Å². The summed E-state index contributed by atoms with van der Waals surface area (Å²) in [6.45, 7) is 1.94. The molecule has 9 heteroatoms. The van der Waals surface area contributed by atoms with Crippen LogP contribution >= 0.6 is 34.8 Å². The van der Waals surface area contributed by atoms with Gasteiger partial charge in [0.1, 0.15) is 12.4 Å². The Morgan fingerprint density at radius 3 is 2.41 bits per heavy atom. The summed E-state index contributed by atoms with van der Waals surface area (Å²) in [6, 6.07) is 17.2. The second-order valence-electron chi connectivity index (χ2n) is 6.64. The van der Waals surface area contributed by atoms with E-state index < -0.39 is 11.8 Å². The molecule has 0 aliphatic heterocycles. The maximum absolute atomic E-state index is 12.1. The Morgan fingerprint density at radius 2 is 1.69 bits per heavy atom. The van der Waals surface area contributed by atoms with Gasteiger partial charge in [0.2, 0.25) is 0 Å². The Balaban J connectivity index is 1.66. The minimum absolute atomic E-state index is 0.117. The first-order valence-electron chi connectivity index (χ1n) is 9.40. The summed E-state index contributed by atoms with van der Waals surface area (Å²) in [6.07, 6.45) is 1.33. The molecule has 0 radical (unpaired) electrons. The SMILES string of the molecule is Cc1ccccc1NC(=O)C(=O)N/N=C\c1cc(Cl)ccc1OCc1c(Cl)cccc1Cl. The van der Waals surface area contributed by atoms with Crippen molar-refractivity contribution in [3.05, 3.63) is 92.4 Å². The van der Waals surface area contributed by atoms with E-state index in [-0.39, 0.29) is 6.61 Å². The van der Waals surface area contributed by atoms with E-state index in [1.165, 1.54) is 6.21 Å². The van der Waals surface area contributed by atoms with E-state index in [1.54, 1.807) is 48.5 Å². The molecule has 0 saturated heterocycles. The van der Waals surface area contributed by atoms with Gasteiger partial charge in [0.25, 0.3) is 0 Å². The van der Waals surface area contributed by atoms with Crippen molar-refractivity contribution >= 4 is 58.5 Å². The number of amides is 2. The van der Waals surface area contributed by atoms with Crippen molar-refractivity contribution in [1.29, 1.82) is 0 Å². The maximum Gasteiger partial charge on any atom is 0.329 e. The quantitative estimate of drug-likeness (QED) is 0.267. The highest BCUT2D eigenvalue weighted by Gasteiger charge is 2.14. The second-order valence-corrected chi connectivity index (χ2v) is 7.89. The number of ether oxygens (including phenoxy) is 1. The molecule has 3 rings (SSSR count). The predicted octanol–water partition coefficient (Wildman–Crippen LogP) is 5.62. The lowest BCUT2D eigenvalue weighted by atomic mass is 10.2. The van der Waals surface area contributed by atoms with Crippen molar-refractivity contribution in [3.63, 3.8) is 0 Å². The van der Waals surface area contributed by atoms with Crippen LogP contribution in [0, 0.1) is 6.92 Å². The van der Waals surface area contributed by atoms with E-state index in [2.05, 4.69) is 15.8 Å². The van der Waals surface area contributed by atoms with Crippen LogP contribution in [-0.2, 0) is 16.2 Å². The van der Waals surface area contributed by atoms with Crippen LogP contribution in [0.25, 0.3) is 0 Å². The number of rotatable bonds is 6. The largest absolute Gasteiger partial charge is 0.488 e. The maximum atomic E-state index is 12.1. The molecule has 0 unspecified atom stereocenters. The van der Waals surface area contributed by atoms with Crippen molar-refractivity contribution in [2.75, 3.05) is 5.32 Å². The fraction of sp³-hybridized carbons (Fsp3) is 0.0870. The number of benzene rings is 3. The lowest BCUT2D eigenvalue weighted by molar-refractivity contribution is -0.136. The average Bonchev–Trinajstić information content (AvgIpc) is 2.76. The summed E-state index contributed by atoms with van der Waals surface area (Å²) in [7, 11) is 0. The van der Waals surface area contributed by atoms with Gasteiger partial charge in [-0.25, -0.2) is 5.43 Å². The third kappa shape index (κ3) is 6.23. The summed E-state index contributed by atoms with van der Waals surface area (Å²) in [5.41, 5.74) is 4.68. The smallest absolute Gasteiger partial charge is 0.329 e. The molecule has 0 aliphatic carbocycles. The van der Waals surface area contributed by atoms with Crippen molar-refractivity contribution in [2.45, 2.75) is 13.5 Å². The number of carbonyl (C=O) groups excluding carboxylic acids is 2. The minimum atomic E-state index is -0.920. The molecule has 0 fully saturated rings. The highest BCUT2D eigenvalue weighted by molar-refractivity contribution is 6.39. The Labute approximate surface area is 200 Å². The second kappa shape index (κ2) is 11.0. The average molecular weight is 491 g/mol. The third-order valence-electron chi connectivity index (χ3n) is 4.37. The monoisotopic (exact) mass is 489 g/mol. The molecule has 0 atom stereocenters. The van der Waals surface area contributed by atoms with Gasteiger partial charge in [0.15, 0.2) is 0 Å². The van der Waals surface area contributed by atoms with Gasteiger partial charge in [0.05, 0.1) is 6.21 Å². The third-order valence-corrected chi connectivity index (χ3v) is 5.32. The Hall–Kier alpha value is -3.06. The minimum Gasteiger partial charge on any atom is -0.488 e. The van der Waals surface area contributed by atoms with Crippen LogP contribution in [-0.4, -0.2) is 18.0 Å². The highest BCUT2D eigenvalue weighted by Crippen LogP contribution is 2.27. The molecule has 0 heterocycles. The van der Waals surface area contributed by atoms with Crippen molar-refractivity contribution in [2.24, 2.45) is 5.10 Å². The molecule has 0 aliphatic rings. The van der Waals surface area contributed by atoms with Crippen LogP contribution in [0.3, 0.4) is 0 Å². The van der Waals surface area contributed by atoms with Gasteiger partial charge in [-0.2, -0.15) is 5.10 Å². The van der Waals surface area contributed by atoms with E-state index in [9.17, 15) is 9.59 Å². The first-order chi connectivity index (χ1) is 15.3. The molecule has 0 aromatic heterocycles. The van der Waals surface area contributed by atoms with Gasteiger partial charge < -0.3 is 10.1 Å². The predicted molar refractivity (Wildman–Crippen MR) is 128 cm³/mol. The molecular weight excluding hydrogens is 473 g/mol. The zero-order chi connectivity index (χ0) is 23.1. The Bertz CT molecular complexity index is 1160. The summed E-state index contributed by atoms with van der Waals surface area (Å²) in [4.78, 5) is 24.1. The fourth-order valence-electron chi connectivity index (χ4n) is 2.68. The van der Waals surface area contributed by atoms with E-state index in [1.807, 2.05) is 19.1 Å². The molecule has 2 amide bonds. The Morgan fingerprint density at radius 1 is 0.969 bits per heavy atom. The van der Waals surface area contributed by atoms with Gasteiger partial charge in [-0.15, -0.1) is 0 Å². The van der Waals surface area contributed by atoms with Gasteiger partial charge in [0, 0.05) is 31.9 Å².